The van der Waals surface area contributed by atoms with Crippen LogP contribution in [0.5, 0.6) is 0 Å². The molecule has 0 aliphatic heterocycles. The molecule has 164 valence electrons. The molecular weight excluding hydrogens is 360 g/mol. The quantitative estimate of drug-likeness (QED) is 0.161. The minimum absolute atomic E-state index is 0.426. The van der Waals surface area contributed by atoms with Crippen LogP contribution in [0.1, 0.15) is 117 Å². The summed E-state index contributed by atoms with van der Waals surface area (Å²) in [5.74, 6) is 0. The van der Waals surface area contributed by atoms with Gasteiger partial charge in [0.25, 0.3) is 0 Å². The summed E-state index contributed by atoms with van der Waals surface area (Å²) in [5, 5.41) is 0. The van der Waals surface area contributed by atoms with Gasteiger partial charge in [0.15, 0.2) is 0 Å². The summed E-state index contributed by atoms with van der Waals surface area (Å²) in [6, 6.07) is 0. The van der Waals surface area contributed by atoms with Crippen molar-refractivity contribution in [1.29, 1.82) is 0 Å². The Balaban J connectivity index is 3.26. The van der Waals surface area contributed by atoms with Crippen molar-refractivity contribution < 1.29 is 18.2 Å². The maximum Gasteiger partial charge on any atom is 0.145 e. The Morgan fingerprint density at radius 2 is 1.11 bits per heavy atom. The summed E-state index contributed by atoms with van der Waals surface area (Å²) < 4.78 is 32.7. The topological polar surface area (TPSA) is 58.6 Å². The smallest absolute Gasteiger partial charge is 0.145 e. The fraction of sp³-hybridized carbons (Fsp3) is 1.00. The van der Waals surface area contributed by atoms with Gasteiger partial charge < -0.3 is 14.0 Å². The molecule has 5 heteroatoms. The Morgan fingerprint density at radius 3 is 1.44 bits per heavy atom. The molecule has 0 heterocycles. The Labute approximate surface area is 171 Å². The van der Waals surface area contributed by atoms with E-state index in [0.717, 1.165) is 12.8 Å². The lowest BCUT2D eigenvalue weighted by Crippen LogP contribution is -2.32. The van der Waals surface area contributed by atoms with Crippen LogP contribution in [-0.4, -0.2) is 34.0 Å². The van der Waals surface area contributed by atoms with Crippen LogP contribution in [0.25, 0.3) is 0 Å². The first-order chi connectivity index (χ1) is 13.1. The van der Waals surface area contributed by atoms with E-state index in [9.17, 15) is 8.76 Å². The molecule has 0 saturated carbocycles. The van der Waals surface area contributed by atoms with Gasteiger partial charge >= 0.3 is 0 Å². The molecule has 0 aromatic rings. The highest BCUT2D eigenvalue weighted by atomic mass is 32.2. The van der Waals surface area contributed by atoms with Crippen LogP contribution < -0.4 is 0 Å². The fourth-order valence-corrected chi connectivity index (χ4v) is 3.94. The van der Waals surface area contributed by atoms with E-state index in [0.29, 0.717) is 6.61 Å². The maximum atomic E-state index is 11.1. The van der Waals surface area contributed by atoms with Crippen molar-refractivity contribution in [3.8, 4) is 0 Å². The third-order valence-electron chi connectivity index (χ3n) is 5.22. The Hall–Kier alpha value is 0.0300. The standard InChI is InChI=1S/C22H46O4S/c1-4-5-6-7-8-9-10-11-12-13-14-15-16-17-18-19-20-26-22(27(23)24)21(2)25-3/h21-22H,4-20H2,1-3H3,(H,23,24)/p-1. The van der Waals surface area contributed by atoms with E-state index < -0.39 is 22.6 Å². The monoisotopic (exact) mass is 405 g/mol. The Morgan fingerprint density at radius 1 is 0.741 bits per heavy atom. The van der Waals surface area contributed by atoms with E-state index in [4.69, 9.17) is 9.47 Å². The van der Waals surface area contributed by atoms with Crippen LogP contribution in [0, 0.1) is 0 Å². The van der Waals surface area contributed by atoms with Gasteiger partial charge in [0, 0.05) is 13.7 Å². The van der Waals surface area contributed by atoms with Crippen LogP contribution >= 0.6 is 0 Å². The number of hydrogen-bond acceptors (Lipinski definition) is 4. The fourth-order valence-electron chi connectivity index (χ4n) is 3.31. The van der Waals surface area contributed by atoms with Gasteiger partial charge in [-0.2, -0.15) is 0 Å². The molecule has 0 amide bonds. The molecule has 4 nitrogen and oxygen atoms in total. The van der Waals surface area contributed by atoms with Crippen LogP contribution in [0.15, 0.2) is 0 Å². The van der Waals surface area contributed by atoms with E-state index in [1.165, 1.54) is 97.0 Å². The summed E-state index contributed by atoms with van der Waals surface area (Å²) in [4.78, 5) is 0. The maximum absolute atomic E-state index is 11.1. The highest BCUT2D eigenvalue weighted by molar-refractivity contribution is 7.79. The van der Waals surface area contributed by atoms with Crippen LogP contribution in [0.2, 0.25) is 0 Å². The molecule has 0 aromatic heterocycles. The number of rotatable bonds is 21. The average Bonchev–Trinajstić information content (AvgIpc) is 2.66. The second-order valence-corrected chi connectivity index (χ2v) is 8.73. The van der Waals surface area contributed by atoms with Gasteiger partial charge in [0.2, 0.25) is 0 Å². The SMILES string of the molecule is CCCCCCCCCCCCCCCCCCOC(C(C)OC)S(=O)[O-]. The third-order valence-corrected chi connectivity index (χ3v) is 6.12. The van der Waals surface area contributed by atoms with E-state index in [2.05, 4.69) is 6.92 Å². The van der Waals surface area contributed by atoms with Crippen molar-refractivity contribution in [3.63, 3.8) is 0 Å². The molecule has 3 atom stereocenters. The minimum Gasteiger partial charge on any atom is -0.770 e. The molecule has 0 radical (unpaired) electrons. The summed E-state index contributed by atoms with van der Waals surface area (Å²) in [6.07, 6.45) is 20.8. The van der Waals surface area contributed by atoms with Crippen molar-refractivity contribution in [1.82, 2.24) is 0 Å². The van der Waals surface area contributed by atoms with Crippen LogP contribution in [-0.2, 0) is 20.6 Å². The van der Waals surface area contributed by atoms with Crippen LogP contribution in [0.4, 0.5) is 0 Å². The first kappa shape index (κ1) is 27.0. The zero-order chi connectivity index (χ0) is 20.2. The van der Waals surface area contributed by atoms with Crippen molar-refractivity contribution in [2.75, 3.05) is 13.7 Å². The first-order valence-electron chi connectivity index (χ1n) is 11.4. The normalized spacial score (nSPS) is 15.0. The van der Waals surface area contributed by atoms with Gasteiger partial charge in [-0.15, -0.1) is 0 Å². The van der Waals surface area contributed by atoms with E-state index in [1.807, 2.05) is 0 Å². The number of unbranched alkanes of at least 4 members (excludes halogenated alkanes) is 15. The highest BCUT2D eigenvalue weighted by Crippen LogP contribution is 2.14. The van der Waals surface area contributed by atoms with E-state index in [-0.39, 0.29) is 0 Å². The molecule has 27 heavy (non-hydrogen) atoms. The number of methoxy groups -OCH3 is 1. The molecule has 0 saturated heterocycles. The van der Waals surface area contributed by atoms with Crippen molar-refractivity contribution in [3.05, 3.63) is 0 Å². The summed E-state index contributed by atoms with van der Waals surface area (Å²) >= 11 is -2.25. The average molecular weight is 406 g/mol. The van der Waals surface area contributed by atoms with Crippen LogP contribution in [0.3, 0.4) is 0 Å². The minimum atomic E-state index is -2.25. The summed E-state index contributed by atoms with van der Waals surface area (Å²) in [7, 11) is 1.50. The Bertz CT molecular complexity index is 325. The van der Waals surface area contributed by atoms with E-state index in [1.54, 1.807) is 6.92 Å². The van der Waals surface area contributed by atoms with Gasteiger partial charge in [-0.05, 0) is 24.4 Å². The molecule has 0 fully saturated rings. The number of ether oxygens (including phenoxy) is 2. The zero-order valence-electron chi connectivity index (χ0n) is 18.2. The summed E-state index contributed by atoms with van der Waals surface area (Å²) in [6.45, 7) is 4.48. The molecule has 0 aromatic carbocycles. The Kier molecular flexibility index (Phi) is 20.8. The molecule has 0 aliphatic rings. The second-order valence-electron chi connectivity index (χ2n) is 7.74. The predicted molar refractivity (Wildman–Crippen MR) is 115 cm³/mol. The van der Waals surface area contributed by atoms with E-state index >= 15 is 0 Å². The van der Waals surface area contributed by atoms with Gasteiger partial charge in [0.05, 0.1) is 6.10 Å². The lowest BCUT2D eigenvalue weighted by Gasteiger charge is -2.25. The van der Waals surface area contributed by atoms with Crippen molar-refractivity contribution in [2.45, 2.75) is 128 Å². The van der Waals surface area contributed by atoms with Gasteiger partial charge in [-0.3, -0.25) is 4.21 Å². The van der Waals surface area contributed by atoms with Gasteiger partial charge in [-0.25, -0.2) is 0 Å². The van der Waals surface area contributed by atoms with Gasteiger partial charge in [0.1, 0.15) is 5.44 Å². The van der Waals surface area contributed by atoms with Crippen molar-refractivity contribution >= 4 is 11.1 Å². The predicted octanol–water partition coefficient (Wildman–Crippen LogP) is 6.50. The molecule has 0 bridgehead atoms. The lowest BCUT2D eigenvalue weighted by molar-refractivity contribution is -0.00819. The van der Waals surface area contributed by atoms with Gasteiger partial charge in [-0.1, -0.05) is 103 Å². The molecule has 0 aliphatic carbocycles. The molecule has 0 rings (SSSR count). The molecule has 3 unspecified atom stereocenters. The largest absolute Gasteiger partial charge is 0.770 e. The highest BCUT2D eigenvalue weighted by Gasteiger charge is 2.17. The lowest BCUT2D eigenvalue weighted by atomic mass is 10.0. The summed E-state index contributed by atoms with van der Waals surface area (Å²) in [5.41, 5.74) is -0.855. The molecular formula is C22H45O4S-. The zero-order valence-corrected chi connectivity index (χ0v) is 19.0. The molecule has 0 N–H and O–H groups in total. The van der Waals surface area contributed by atoms with Crippen molar-refractivity contribution in [2.24, 2.45) is 0 Å². The molecule has 0 spiro atoms. The first-order valence-corrected chi connectivity index (χ1v) is 12.5. The number of hydrogen-bond donors (Lipinski definition) is 0. The second kappa shape index (κ2) is 20.8. The third kappa shape index (κ3) is 17.8.